The van der Waals surface area contributed by atoms with E-state index in [-0.39, 0.29) is 24.1 Å². The molecule has 0 radical (unpaired) electrons. The molecule has 0 aromatic heterocycles. The van der Waals surface area contributed by atoms with Crippen molar-refractivity contribution in [2.75, 3.05) is 17.4 Å². The zero-order valence-corrected chi connectivity index (χ0v) is 22.4. The fourth-order valence-corrected chi connectivity index (χ4v) is 5.21. The number of rotatable bonds is 8. The van der Waals surface area contributed by atoms with Crippen molar-refractivity contribution in [3.63, 3.8) is 0 Å². The number of carbonyl (C=O) groups excluding carboxylic acids is 3. The maximum absolute atomic E-state index is 13.5. The number of nitrogens with one attached hydrogen (secondary N) is 2. The number of benzene rings is 4. The summed E-state index contributed by atoms with van der Waals surface area (Å²) in [7, 11) is 1.55. The number of ether oxygens (including phenoxy) is 1. The van der Waals surface area contributed by atoms with Crippen LogP contribution in [0.5, 0.6) is 5.75 Å². The Balaban J connectivity index is 1.33. The topological polar surface area (TPSA) is 100 Å². The van der Waals surface area contributed by atoms with Gasteiger partial charge >= 0.3 is 0 Å². The molecule has 1 atom stereocenters. The van der Waals surface area contributed by atoms with E-state index in [0.717, 1.165) is 10.5 Å². The summed E-state index contributed by atoms with van der Waals surface area (Å²) < 4.78 is 5.21. The Morgan fingerprint density at radius 2 is 1.60 bits per heavy atom. The van der Waals surface area contributed by atoms with Crippen molar-refractivity contribution in [3.8, 4) is 5.75 Å². The van der Waals surface area contributed by atoms with E-state index in [0.29, 0.717) is 28.5 Å². The van der Waals surface area contributed by atoms with Crippen LogP contribution < -0.4 is 20.4 Å². The summed E-state index contributed by atoms with van der Waals surface area (Å²) in [5.41, 5.74) is 2.49. The highest BCUT2D eigenvalue weighted by molar-refractivity contribution is 8.00. The van der Waals surface area contributed by atoms with Crippen LogP contribution in [0.15, 0.2) is 119 Å². The molecule has 0 bridgehead atoms. The van der Waals surface area contributed by atoms with Crippen LogP contribution in [0.3, 0.4) is 0 Å². The fourth-order valence-electron chi connectivity index (χ4n) is 4.13. The number of anilines is 2. The Labute approximate surface area is 236 Å². The molecule has 9 heteroatoms. The van der Waals surface area contributed by atoms with Crippen LogP contribution in [0.1, 0.15) is 27.6 Å². The lowest BCUT2D eigenvalue weighted by molar-refractivity contribution is -0.119. The SMILES string of the molecule is COc1cccc(C(=O)Nc2cccc(SC(C(=O)NC3=NN(c4ccccc4)C(=O)C3)c3ccccc3)c2)c1. The summed E-state index contributed by atoms with van der Waals surface area (Å²) in [6.45, 7) is 0. The first-order valence-corrected chi connectivity index (χ1v) is 13.4. The molecular weight excluding hydrogens is 524 g/mol. The van der Waals surface area contributed by atoms with Crippen LogP contribution in [0.4, 0.5) is 11.4 Å². The van der Waals surface area contributed by atoms with Crippen molar-refractivity contribution in [2.45, 2.75) is 16.6 Å². The summed E-state index contributed by atoms with van der Waals surface area (Å²) in [4.78, 5) is 39.7. The van der Waals surface area contributed by atoms with Crippen molar-refractivity contribution in [1.29, 1.82) is 0 Å². The first-order valence-electron chi connectivity index (χ1n) is 12.5. The van der Waals surface area contributed by atoms with Gasteiger partial charge in [0.05, 0.1) is 19.2 Å². The van der Waals surface area contributed by atoms with Gasteiger partial charge in [-0.05, 0) is 54.1 Å². The van der Waals surface area contributed by atoms with Gasteiger partial charge in [0.25, 0.3) is 11.8 Å². The molecule has 200 valence electrons. The number of thioether (sulfide) groups is 1. The molecule has 40 heavy (non-hydrogen) atoms. The van der Waals surface area contributed by atoms with Gasteiger partial charge in [-0.15, -0.1) is 11.8 Å². The first kappa shape index (κ1) is 26.7. The second-order valence-electron chi connectivity index (χ2n) is 8.88. The molecule has 4 aromatic rings. The number of amides is 3. The van der Waals surface area contributed by atoms with Crippen LogP contribution >= 0.6 is 11.8 Å². The maximum atomic E-state index is 13.5. The summed E-state index contributed by atoms with van der Waals surface area (Å²) in [5, 5.41) is 10.8. The summed E-state index contributed by atoms with van der Waals surface area (Å²) >= 11 is 1.34. The molecule has 1 aliphatic heterocycles. The molecule has 8 nitrogen and oxygen atoms in total. The third kappa shape index (κ3) is 6.39. The first-order chi connectivity index (χ1) is 19.5. The van der Waals surface area contributed by atoms with Crippen LogP contribution in [0, 0.1) is 0 Å². The van der Waals surface area contributed by atoms with E-state index in [2.05, 4.69) is 15.7 Å². The molecule has 0 aliphatic carbocycles. The summed E-state index contributed by atoms with van der Waals surface area (Å²) in [6.07, 6.45) is -0.00139. The Morgan fingerprint density at radius 3 is 2.35 bits per heavy atom. The molecular formula is C31H26N4O4S. The van der Waals surface area contributed by atoms with Gasteiger partial charge in [-0.3, -0.25) is 14.4 Å². The predicted molar refractivity (Wildman–Crippen MR) is 157 cm³/mol. The monoisotopic (exact) mass is 550 g/mol. The van der Waals surface area contributed by atoms with Crippen LogP contribution in [0.2, 0.25) is 0 Å². The largest absolute Gasteiger partial charge is 0.497 e. The quantitative estimate of drug-likeness (QED) is 0.276. The summed E-state index contributed by atoms with van der Waals surface area (Å²) in [5.74, 6) is 0.0903. The van der Waals surface area contributed by atoms with E-state index in [1.54, 1.807) is 49.6 Å². The molecule has 3 amide bonds. The van der Waals surface area contributed by atoms with Gasteiger partial charge in [0.2, 0.25) is 5.91 Å². The highest BCUT2D eigenvalue weighted by Crippen LogP contribution is 2.36. The highest BCUT2D eigenvalue weighted by atomic mass is 32.2. The lowest BCUT2D eigenvalue weighted by atomic mass is 10.1. The van der Waals surface area contributed by atoms with Crippen molar-refractivity contribution in [1.82, 2.24) is 5.32 Å². The van der Waals surface area contributed by atoms with Gasteiger partial charge in [0, 0.05) is 16.1 Å². The molecule has 4 aromatic carbocycles. The van der Waals surface area contributed by atoms with Crippen LogP contribution in [0.25, 0.3) is 0 Å². The average molecular weight is 551 g/mol. The Bertz CT molecular complexity index is 1560. The third-order valence-corrected chi connectivity index (χ3v) is 7.31. The number of amidine groups is 1. The zero-order valence-electron chi connectivity index (χ0n) is 21.6. The molecule has 0 fully saturated rings. The van der Waals surface area contributed by atoms with Gasteiger partial charge in [-0.1, -0.05) is 60.7 Å². The minimum atomic E-state index is -0.630. The maximum Gasteiger partial charge on any atom is 0.255 e. The molecule has 2 N–H and O–H groups in total. The van der Waals surface area contributed by atoms with Crippen LogP contribution in [-0.2, 0) is 9.59 Å². The minimum absolute atomic E-state index is 0.00139. The molecule has 1 aliphatic rings. The van der Waals surface area contributed by atoms with E-state index in [9.17, 15) is 14.4 Å². The smallest absolute Gasteiger partial charge is 0.255 e. The third-order valence-electron chi connectivity index (χ3n) is 6.06. The standard InChI is InChI=1S/C31H26N4O4S/c1-39-25-16-8-12-22(18-25)30(37)32-23-13-9-17-26(19-23)40-29(21-10-4-2-5-11-21)31(38)33-27-20-28(36)35(34-27)24-14-6-3-7-15-24/h2-19,29H,20H2,1H3,(H,32,37)(H,33,34,38). The van der Waals surface area contributed by atoms with Crippen molar-refractivity contribution < 1.29 is 19.1 Å². The normalized spacial score (nSPS) is 13.4. The number of hydrogen-bond donors (Lipinski definition) is 2. The number of nitrogens with zero attached hydrogens (tertiary/aromatic N) is 2. The second kappa shape index (κ2) is 12.3. The fraction of sp³-hybridized carbons (Fsp3) is 0.0968. The number of hydrogen-bond acceptors (Lipinski definition) is 6. The number of carbonyl (C=O) groups is 3. The molecule has 1 unspecified atom stereocenters. The van der Waals surface area contributed by atoms with Gasteiger partial charge in [0.15, 0.2) is 0 Å². The zero-order chi connectivity index (χ0) is 27.9. The Morgan fingerprint density at radius 1 is 0.875 bits per heavy atom. The van der Waals surface area contributed by atoms with Gasteiger partial charge in [-0.2, -0.15) is 10.1 Å². The van der Waals surface area contributed by atoms with E-state index in [1.165, 1.54) is 16.8 Å². The van der Waals surface area contributed by atoms with Crippen molar-refractivity contribution >= 4 is 46.7 Å². The Hall–Kier alpha value is -4.89. The lowest BCUT2D eigenvalue weighted by Crippen LogP contribution is -2.33. The lowest BCUT2D eigenvalue weighted by Gasteiger charge is -2.17. The number of hydrazone groups is 1. The molecule has 5 rings (SSSR count). The van der Waals surface area contributed by atoms with Crippen LogP contribution in [-0.4, -0.2) is 30.7 Å². The van der Waals surface area contributed by atoms with E-state index in [1.807, 2.05) is 66.7 Å². The van der Waals surface area contributed by atoms with Crippen molar-refractivity contribution in [3.05, 3.63) is 120 Å². The van der Waals surface area contributed by atoms with E-state index < -0.39 is 5.25 Å². The average Bonchev–Trinajstić information content (AvgIpc) is 3.36. The molecule has 0 spiro atoms. The number of methoxy groups -OCH3 is 1. The minimum Gasteiger partial charge on any atom is -0.497 e. The molecule has 0 saturated carbocycles. The van der Waals surface area contributed by atoms with Crippen molar-refractivity contribution in [2.24, 2.45) is 5.10 Å². The van der Waals surface area contributed by atoms with Gasteiger partial charge in [-0.25, -0.2) is 0 Å². The van der Waals surface area contributed by atoms with Gasteiger partial charge < -0.3 is 15.4 Å². The highest BCUT2D eigenvalue weighted by Gasteiger charge is 2.29. The van der Waals surface area contributed by atoms with E-state index >= 15 is 0 Å². The molecule has 0 saturated heterocycles. The summed E-state index contributed by atoms with van der Waals surface area (Å²) in [6, 6.07) is 32.7. The number of para-hydroxylation sites is 1. The molecule has 1 heterocycles. The Kier molecular flexibility index (Phi) is 8.22. The van der Waals surface area contributed by atoms with Gasteiger partial charge in [0.1, 0.15) is 16.8 Å². The van der Waals surface area contributed by atoms with E-state index in [4.69, 9.17) is 4.74 Å². The predicted octanol–water partition coefficient (Wildman–Crippen LogP) is 5.65. The second-order valence-corrected chi connectivity index (χ2v) is 10.1.